The number of piperazine rings is 1. The number of benzene rings is 2. The molecule has 3 aromatic rings. The molecule has 17 nitrogen and oxygen atoms in total. The molecule has 3 aliphatic heterocycles. The van der Waals surface area contributed by atoms with E-state index in [4.69, 9.17) is 25.8 Å². The Morgan fingerprint density at radius 3 is 2.38 bits per heavy atom. The summed E-state index contributed by atoms with van der Waals surface area (Å²) in [5, 5.41) is 8.83. The van der Waals surface area contributed by atoms with Crippen LogP contribution in [0.4, 0.5) is 5.82 Å². The second-order valence-electron chi connectivity index (χ2n) is 15.6. The normalized spacial score (nSPS) is 20.4. The number of nitrogens with zero attached hydrogens (tertiary/aromatic N) is 5. The zero-order valence-electron chi connectivity index (χ0n) is 34.3. The quantitative estimate of drug-likeness (QED) is 0.125. The third kappa shape index (κ3) is 10.0. The minimum atomic E-state index is -1.11. The highest BCUT2D eigenvalue weighted by molar-refractivity contribution is 6.30. The summed E-state index contributed by atoms with van der Waals surface area (Å²) < 4.78 is 16.9. The highest BCUT2D eigenvalue weighted by Gasteiger charge is 2.46. The molecule has 61 heavy (non-hydrogen) atoms. The number of carbonyl (C=O) groups is 6. The number of hydrogen-bond donors (Lipinski definition) is 3. The summed E-state index contributed by atoms with van der Waals surface area (Å²) in [5.41, 5.74) is 3.31. The maximum absolute atomic E-state index is 14.0. The van der Waals surface area contributed by atoms with Crippen LogP contribution >= 0.6 is 11.6 Å². The molecule has 4 heterocycles. The fourth-order valence-corrected chi connectivity index (χ4v) is 8.58. The van der Waals surface area contributed by atoms with E-state index in [1.807, 2.05) is 17.0 Å². The van der Waals surface area contributed by atoms with E-state index in [1.165, 1.54) is 23.8 Å². The molecule has 6 amide bonds. The third-order valence-electron chi connectivity index (χ3n) is 11.5. The molecular weight excluding hydrogens is 808 g/mol. The number of carbonyl (C=O) groups excluding carboxylic acids is 6. The van der Waals surface area contributed by atoms with Gasteiger partial charge in [-0.25, -0.2) is 9.97 Å². The standard InChI is InChI=1S/C43H51ClN8O9/c1-26-22-27(2)38-36(26)39(48-25-47-38)50-14-16-51(17-15-50)41(56)31(28-6-8-29(44)9-7-28)23-45-12-18-59-20-21-60-19-13-46-35(54)24-61-33-5-3-4-30-37(33)43(58)52(42(30)57)32-10-11-34(53)49-40(32)55/h3-9,25-27,31-32,45H,10-24H2,1-2H3,(H,46,54)(H,49,53,55)/t26-,27-,31-,32?/m1/s1. The van der Waals surface area contributed by atoms with Gasteiger partial charge in [-0.1, -0.05) is 43.6 Å². The molecule has 324 valence electrons. The monoisotopic (exact) mass is 858 g/mol. The van der Waals surface area contributed by atoms with Crippen molar-refractivity contribution in [3.63, 3.8) is 0 Å². The van der Waals surface area contributed by atoms with E-state index in [-0.39, 0.29) is 48.8 Å². The van der Waals surface area contributed by atoms with Crippen LogP contribution in [0.1, 0.15) is 88.4 Å². The van der Waals surface area contributed by atoms with Gasteiger partial charge in [-0.3, -0.25) is 39.0 Å². The molecule has 2 aromatic carbocycles. The van der Waals surface area contributed by atoms with E-state index in [0.717, 1.165) is 28.4 Å². The highest BCUT2D eigenvalue weighted by Crippen LogP contribution is 2.44. The number of piperidine rings is 1. The van der Waals surface area contributed by atoms with Crippen LogP contribution in [0.5, 0.6) is 5.75 Å². The van der Waals surface area contributed by atoms with Crippen molar-refractivity contribution in [2.45, 2.75) is 56.9 Å². The molecule has 4 atom stereocenters. The number of hydrogen-bond acceptors (Lipinski definition) is 13. The van der Waals surface area contributed by atoms with Gasteiger partial charge < -0.3 is 34.6 Å². The van der Waals surface area contributed by atoms with Crippen molar-refractivity contribution < 1.29 is 43.0 Å². The fraction of sp³-hybridized carbons (Fsp3) is 0.488. The molecule has 0 bridgehead atoms. The molecule has 2 fully saturated rings. The van der Waals surface area contributed by atoms with Gasteiger partial charge in [-0.15, -0.1) is 0 Å². The number of nitrogens with one attached hydrogen (secondary N) is 3. The molecule has 0 spiro atoms. The van der Waals surface area contributed by atoms with Crippen LogP contribution in [0.3, 0.4) is 0 Å². The molecule has 1 aromatic heterocycles. The van der Waals surface area contributed by atoms with E-state index < -0.39 is 48.1 Å². The molecule has 18 heteroatoms. The van der Waals surface area contributed by atoms with Crippen molar-refractivity contribution in [2.24, 2.45) is 0 Å². The summed E-state index contributed by atoms with van der Waals surface area (Å²) in [7, 11) is 0. The van der Waals surface area contributed by atoms with Crippen molar-refractivity contribution in [2.75, 3.05) is 83.7 Å². The minimum Gasteiger partial charge on any atom is -0.483 e. The maximum Gasteiger partial charge on any atom is 0.266 e. The summed E-state index contributed by atoms with van der Waals surface area (Å²) in [6, 6.07) is 10.7. The maximum atomic E-state index is 14.0. The van der Waals surface area contributed by atoms with Crippen LogP contribution in [-0.2, 0) is 28.7 Å². The zero-order valence-corrected chi connectivity index (χ0v) is 35.1. The van der Waals surface area contributed by atoms with Crippen molar-refractivity contribution in [1.82, 2.24) is 35.7 Å². The van der Waals surface area contributed by atoms with Gasteiger partial charge in [0.25, 0.3) is 17.7 Å². The lowest BCUT2D eigenvalue weighted by Crippen LogP contribution is -2.54. The van der Waals surface area contributed by atoms with Gasteiger partial charge in [0.05, 0.1) is 49.2 Å². The zero-order chi connectivity index (χ0) is 43.0. The average Bonchev–Trinajstić information content (AvgIpc) is 3.70. The lowest BCUT2D eigenvalue weighted by molar-refractivity contribution is -0.136. The van der Waals surface area contributed by atoms with E-state index in [9.17, 15) is 28.8 Å². The molecule has 1 unspecified atom stereocenters. The van der Waals surface area contributed by atoms with Gasteiger partial charge in [-0.2, -0.15) is 0 Å². The topological polar surface area (TPSA) is 202 Å². The first kappa shape index (κ1) is 43.6. The lowest BCUT2D eigenvalue weighted by Gasteiger charge is -2.38. The van der Waals surface area contributed by atoms with Crippen molar-refractivity contribution in [3.05, 3.63) is 81.8 Å². The number of anilines is 1. The van der Waals surface area contributed by atoms with Crippen molar-refractivity contribution in [1.29, 1.82) is 0 Å². The van der Waals surface area contributed by atoms with Gasteiger partial charge >= 0.3 is 0 Å². The molecule has 0 radical (unpaired) electrons. The Balaban J connectivity index is 0.779. The van der Waals surface area contributed by atoms with E-state index in [2.05, 4.69) is 44.7 Å². The number of imide groups is 2. The van der Waals surface area contributed by atoms with Gasteiger partial charge in [0.2, 0.25) is 17.7 Å². The number of amides is 6. The molecular formula is C43H51ClN8O9. The Morgan fingerprint density at radius 1 is 0.902 bits per heavy atom. The number of ether oxygens (including phenoxy) is 3. The second-order valence-corrected chi connectivity index (χ2v) is 16.1. The molecule has 0 saturated carbocycles. The molecule has 4 aliphatic rings. The summed E-state index contributed by atoms with van der Waals surface area (Å²) in [6.07, 6.45) is 2.78. The minimum absolute atomic E-state index is 0.00563. The Morgan fingerprint density at radius 2 is 1.64 bits per heavy atom. The molecule has 1 aliphatic carbocycles. The van der Waals surface area contributed by atoms with Crippen molar-refractivity contribution in [3.8, 4) is 5.75 Å². The third-order valence-corrected chi connectivity index (χ3v) is 11.8. The summed E-state index contributed by atoms with van der Waals surface area (Å²) in [6.45, 7) is 9.05. The van der Waals surface area contributed by atoms with Gasteiger partial charge in [0.15, 0.2) is 6.61 Å². The van der Waals surface area contributed by atoms with E-state index >= 15 is 0 Å². The molecule has 7 rings (SSSR count). The number of rotatable bonds is 18. The Bertz CT molecular complexity index is 2130. The molecule has 3 N–H and O–H groups in total. The van der Waals surface area contributed by atoms with E-state index in [1.54, 1.807) is 18.5 Å². The van der Waals surface area contributed by atoms with Gasteiger partial charge in [-0.05, 0) is 54.5 Å². The smallest absolute Gasteiger partial charge is 0.266 e. The Labute approximate surface area is 358 Å². The van der Waals surface area contributed by atoms with Gasteiger partial charge in [0, 0.05) is 62.8 Å². The van der Waals surface area contributed by atoms with Gasteiger partial charge in [0.1, 0.15) is 23.9 Å². The number of halogens is 1. The number of aromatic nitrogens is 2. The first-order valence-electron chi connectivity index (χ1n) is 20.8. The first-order valence-corrected chi connectivity index (χ1v) is 21.1. The van der Waals surface area contributed by atoms with Crippen LogP contribution in [0, 0.1) is 0 Å². The summed E-state index contributed by atoms with van der Waals surface area (Å²) >= 11 is 6.18. The van der Waals surface area contributed by atoms with Crippen molar-refractivity contribution >= 4 is 52.9 Å². The van der Waals surface area contributed by atoms with E-state index in [0.29, 0.717) is 75.9 Å². The Hall–Kier alpha value is -5.49. The predicted octanol–water partition coefficient (Wildman–Crippen LogP) is 2.39. The van der Waals surface area contributed by atoms with Crippen LogP contribution < -0.4 is 25.6 Å². The number of fused-ring (bicyclic) bond motifs is 2. The van der Waals surface area contributed by atoms with Crippen LogP contribution in [0.2, 0.25) is 5.02 Å². The fourth-order valence-electron chi connectivity index (χ4n) is 8.45. The molecule has 2 saturated heterocycles. The summed E-state index contributed by atoms with van der Waals surface area (Å²) in [4.78, 5) is 91.0. The first-order chi connectivity index (χ1) is 29.5. The van der Waals surface area contributed by atoms with Crippen LogP contribution in [-0.4, -0.2) is 140 Å². The largest absolute Gasteiger partial charge is 0.483 e. The average molecular weight is 859 g/mol. The Kier molecular flexibility index (Phi) is 14.2. The van der Waals surface area contributed by atoms with Crippen LogP contribution in [0.25, 0.3) is 0 Å². The SMILES string of the molecule is C[C@@H]1C[C@@H](C)c2c1ncnc2N1CCN(C(=O)[C@H](CNCCOCCOCCNC(=O)COc2cccc3c2C(=O)N(C2CCC(=O)NC2=O)C3=O)c2ccc(Cl)cc2)CC1. The van der Waals surface area contributed by atoms with Crippen LogP contribution in [0.15, 0.2) is 48.8 Å². The second kappa shape index (κ2) is 19.9. The summed E-state index contributed by atoms with van der Waals surface area (Å²) in [5.74, 6) is -1.49. The lowest BCUT2D eigenvalue weighted by atomic mass is 9.97. The predicted molar refractivity (Wildman–Crippen MR) is 223 cm³/mol. The highest BCUT2D eigenvalue weighted by atomic mass is 35.5.